The van der Waals surface area contributed by atoms with E-state index >= 15 is 0 Å². The molecule has 2 nitrogen and oxygen atoms in total. The van der Waals surface area contributed by atoms with Gasteiger partial charge in [-0.05, 0) is 12.2 Å². The van der Waals surface area contributed by atoms with Crippen LogP contribution in [0.2, 0.25) is 2.82 Å². The van der Waals surface area contributed by atoms with Crippen LogP contribution in [0.3, 0.4) is 0 Å². The zero-order valence-corrected chi connectivity index (χ0v) is 4.03. The molecule has 0 aromatic heterocycles. The van der Waals surface area contributed by atoms with Gasteiger partial charge < -0.3 is 10.6 Å². The first kappa shape index (κ1) is 2.12. The third kappa shape index (κ3) is 0.597. The number of nitrogens with one attached hydrogen (secondary N) is 2. The van der Waals surface area contributed by atoms with E-state index in [-0.39, 0.29) is 0 Å². The van der Waals surface area contributed by atoms with Crippen molar-refractivity contribution in [1.82, 2.24) is 10.6 Å². The van der Waals surface area contributed by atoms with Crippen molar-refractivity contribution in [3.05, 3.63) is 0 Å². The molecule has 0 amide bonds. The van der Waals surface area contributed by atoms with Gasteiger partial charge in [0.1, 0.15) is 0 Å². The number of thiocarbonyl (C=S) groups is 1. The van der Waals surface area contributed by atoms with Gasteiger partial charge in [-0.2, -0.15) is 0 Å². The second-order valence-corrected chi connectivity index (χ2v) is 1.41. The Hall–Kier alpha value is -0.310. The summed E-state index contributed by atoms with van der Waals surface area (Å²) in [6, 6.07) is 0. The highest BCUT2D eigenvalue weighted by Crippen LogP contribution is 1.71. The third-order valence-electron chi connectivity index (χ3n) is 0.594. The molecule has 0 bridgehead atoms. The van der Waals surface area contributed by atoms with Gasteiger partial charge >= 0.3 is 0 Å². The van der Waals surface area contributed by atoms with Crippen LogP contribution in [0.1, 0.15) is 0 Å². The highest BCUT2D eigenvalue weighted by molar-refractivity contribution is 7.80. The molecule has 0 atom stereocenters. The molecule has 1 aliphatic rings. The van der Waals surface area contributed by atoms with Crippen LogP contribution < -0.4 is 10.6 Å². The average Bonchev–Trinajstić information content (AvgIpc) is 1.98. The normalized spacial score (nSPS) is 27.7. The molecular weight excluding hydrogens is 96.1 g/mol. The van der Waals surface area contributed by atoms with E-state index in [0.717, 1.165) is 10.6 Å². The van der Waals surface area contributed by atoms with E-state index in [1.54, 1.807) is 0 Å². The molecule has 1 fully saturated rings. The van der Waals surface area contributed by atoms with Crippen LogP contribution in [-0.2, 0) is 0 Å². The van der Waals surface area contributed by atoms with Crippen LogP contribution >= 0.6 is 12.2 Å². The van der Waals surface area contributed by atoms with E-state index in [9.17, 15) is 0 Å². The summed E-state index contributed by atoms with van der Waals surface area (Å²) in [6.45, 7) is 1.12. The minimum Gasteiger partial charge on any atom is -0.361 e. The van der Waals surface area contributed by atoms with Gasteiger partial charge in [-0.1, -0.05) is 0 Å². The van der Waals surface area contributed by atoms with Crippen molar-refractivity contribution in [2.24, 2.45) is 0 Å². The summed E-state index contributed by atoms with van der Waals surface area (Å²) in [5, 5.41) is 2.58. The molecule has 1 rings (SSSR count). The molecule has 0 aromatic rings. The highest BCUT2D eigenvalue weighted by atomic mass is 32.1. The zero-order valence-electron chi connectivity index (χ0n) is 5.22. The molecule has 0 aliphatic carbocycles. The maximum Gasteiger partial charge on any atom is 0.166 e. The van der Waals surface area contributed by atoms with Crippen LogP contribution in [0.4, 0.5) is 0 Å². The summed E-state index contributed by atoms with van der Waals surface area (Å²) in [6.07, 6.45) is 0. The van der Waals surface area contributed by atoms with E-state index in [0.29, 0.717) is 18.2 Å². The number of hydrogen-bond donors (Lipinski definition) is 2. The van der Waals surface area contributed by atoms with Gasteiger partial charge in [-0.3, -0.25) is 0 Å². The van der Waals surface area contributed by atoms with E-state index in [1.165, 1.54) is 0 Å². The molecule has 2 N–H and O–H groups in total. The van der Waals surface area contributed by atoms with Crippen LogP contribution in [0.15, 0.2) is 0 Å². The first-order valence-corrected chi connectivity index (χ1v) is 2.19. The van der Waals surface area contributed by atoms with Gasteiger partial charge in [0, 0.05) is 13.1 Å². The van der Waals surface area contributed by atoms with Gasteiger partial charge in [-0.25, -0.2) is 0 Å². The monoisotopic (exact) mass is 104 g/mol. The van der Waals surface area contributed by atoms with Gasteiger partial charge in [0.2, 0.25) is 0 Å². The Morgan fingerprint density at radius 3 is 2.33 bits per heavy atom. The van der Waals surface area contributed by atoms with E-state index < -0.39 is 0 Å². The molecule has 1 heterocycles. The topological polar surface area (TPSA) is 24.1 Å². The Kier molecular flexibility index (Phi) is 0.503. The predicted octanol–water partition coefficient (Wildman–Crippen LogP) is -0.536. The van der Waals surface area contributed by atoms with Gasteiger partial charge in [-0.15, -0.1) is 0 Å². The van der Waals surface area contributed by atoms with Crippen LogP contribution in [-0.4, -0.2) is 18.2 Å². The third-order valence-corrected chi connectivity index (χ3v) is 0.852. The Bertz CT molecular complexity index is 106. The van der Waals surface area contributed by atoms with Crippen molar-refractivity contribution in [2.45, 2.75) is 0 Å². The molecule has 0 radical (unpaired) electrons. The fourth-order valence-corrected chi connectivity index (χ4v) is 0.524. The van der Waals surface area contributed by atoms with Crippen molar-refractivity contribution in [1.29, 1.82) is 0 Å². The smallest absolute Gasteiger partial charge is 0.166 e. The maximum atomic E-state index is 7.00. The minimum atomic E-state index is 0.296. The van der Waals surface area contributed by atoms with Gasteiger partial charge in [0.15, 0.2) is 7.94 Å². The van der Waals surface area contributed by atoms with Crippen molar-refractivity contribution in [3.8, 4) is 0 Å². The Morgan fingerprint density at radius 2 is 2.17 bits per heavy atom. The summed E-state index contributed by atoms with van der Waals surface area (Å²) in [4.78, 5) is 0. The fourth-order valence-electron chi connectivity index (χ4n) is 0.341. The largest absolute Gasteiger partial charge is 0.361 e. The van der Waals surface area contributed by atoms with E-state index in [4.69, 9.17) is 2.82 Å². The standard InChI is InChI=1S/C3H6N2S/c6-3-4-1-2-5-3/h1-2H2,(H2,4,5,6)/i/hD2. The van der Waals surface area contributed by atoms with E-state index in [1.807, 2.05) is 0 Å². The molecule has 3 heteroatoms. The Morgan fingerprint density at radius 1 is 1.67 bits per heavy atom. The summed E-state index contributed by atoms with van der Waals surface area (Å²) in [5.74, 6) is 0. The summed E-state index contributed by atoms with van der Waals surface area (Å²) >= 11 is 4.64. The molecule has 1 saturated heterocycles. The first-order valence-electron chi connectivity index (χ1n) is 2.68. The van der Waals surface area contributed by atoms with Crippen molar-refractivity contribution >= 4 is 17.3 Å². The molecule has 0 saturated carbocycles. The lowest BCUT2D eigenvalue weighted by Gasteiger charge is -1.85. The predicted molar refractivity (Wildman–Crippen MR) is 28.6 cm³/mol. The van der Waals surface area contributed by atoms with Crippen molar-refractivity contribution in [3.63, 3.8) is 0 Å². The van der Waals surface area contributed by atoms with Crippen molar-refractivity contribution < 1.29 is 2.82 Å². The van der Waals surface area contributed by atoms with Crippen LogP contribution in [0, 0.1) is 0 Å². The highest BCUT2D eigenvalue weighted by Gasteiger charge is 1.98. The average molecular weight is 104 g/mol. The lowest BCUT2D eigenvalue weighted by molar-refractivity contribution is 0.942. The van der Waals surface area contributed by atoms with E-state index in [2.05, 4.69) is 12.2 Å². The molecule has 34 valence electrons. The zero-order chi connectivity index (χ0) is 6.15. The lowest BCUT2D eigenvalue weighted by atomic mass is 10.7. The molecule has 1 aliphatic heterocycles. The Balaban J connectivity index is 2.57. The summed E-state index contributed by atoms with van der Waals surface area (Å²) in [7, 11) is 0. The fraction of sp³-hybridized carbons (Fsp3) is 0.667. The molecular formula is C3H6N2S. The second-order valence-electron chi connectivity index (χ2n) is 1.05. The van der Waals surface area contributed by atoms with Crippen LogP contribution in [0.25, 0.3) is 0 Å². The maximum absolute atomic E-state index is 7.00. The number of rotatable bonds is 0. The first-order chi connectivity index (χ1) is 3.72. The quantitative estimate of drug-likeness (QED) is 0.404. The molecule has 0 aromatic carbocycles. The SMILES string of the molecule is [2H]N1CCN([2H])C1=S. The summed E-state index contributed by atoms with van der Waals surface area (Å²) in [5.41, 5.74) is 0. The second kappa shape index (κ2) is 1.43. The van der Waals surface area contributed by atoms with Crippen LogP contribution in [0.5, 0.6) is 0 Å². The van der Waals surface area contributed by atoms with Gasteiger partial charge in [0.05, 0.1) is 0 Å². The Labute approximate surface area is 44.8 Å². The number of hydrogen-bond acceptors (Lipinski definition) is 1. The van der Waals surface area contributed by atoms with Crippen molar-refractivity contribution in [2.75, 3.05) is 13.1 Å². The molecule has 0 spiro atoms. The lowest BCUT2D eigenvalue weighted by Crippen LogP contribution is -2.19. The molecule has 0 unspecified atom stereocenters. The van der Waals surface area contributed by atoms with Gasteiger partial charge in [0.25, 0.3) is 0 Å². The molecule has 6 heavy (non-hydrogen) atoms. The minimum absolute atomic E-state index is 0.296. The summed E-state index contributed by atoms with van der Waals surface area (Å²) < 4.78 is 14.0.